The summed E-state index contributed by atoms with van der Waals surface area (Å²) in [6.45, 7) is 0.548. The Hall–Kier alpha value is -4.62. The molecule has 2 heterocycles. The molecule has 5 rings (SSSR count). The van der Waals surface area contributed by atoms with E-state index in [1.165, 1.54) is 6.08 Å². The van der Waals surface area contributed by atoms with E-state index in [1.807, 2.05) is 60.7 Å². The second-order valence-electron chi connectivity index (χ2n) is 8.09. The number of aromatic nitrogens is 2. The minimum atomic E-state index is -0.574. The first-order chi connectivity index (χ1) is 17.1. The molecule has 7 nitrogen and oxygen atoms in total. The smallest absolute Gasteiger partial charge is 0.267 e. The number of amides is 1. The van der Waals surface area contributed by atoms with Crippen LogP contribution < -0.4 is 15.5 Å². The summed E-state index contributed by atoms with van der Waals surface area (Å²) >= 11 is 0. The maximum Gasteiger partial charge on any atom is 0.267 e. The number of fused-ring (bicyclic) bond motifs is 3. The Morgan fingerprint density at radius 1 is 1.03 bits per heavy atom. The van der Waals surface area contributed by atoms with Gasteiger partial charge < -0.3 is 15.0 Å². The van der Waals surface area contributed by atoms with Gasteiger partial charge in [0.1, 0.15) is 11.6 Å². The van der Waals surface area contributed by atoms with Crippen molar-refractivity contribution in [3.8, 4) is 17.0 Å². The molecule has 0 saturated heterocycles. The third-order valence-electron chi connectivity index (χ3n) is 5.80. The number of hydroxylamine groups is 1. The highest BCUT2D eigenvalue weighted by molar-refractivity contribution is 6.12. The first kappa shape index (κ1) is 22.2. The maximum absolute atomic E-state index is 11.3. The molecule has 0 bridgehead atoms. The Balaban J connectivity index is 1.52. The van der Waals surface area contributed by atoms with E-state index in [1.54, 1.807) is 18.7 Å². The van der Waals surface area contributed by atoms with Crippen LogP contribution in [0.3, 0.4) is 0 Å². The van der Waals surface area contributed by atoms with Crippen molar-refractivity contribution in [1.29, 1.82) is 0 Å². The van der Waals surface area contributed by atoms with Gasteiger partial charge in [-0.25, -0.2) is 10.5 Å². The molecule has 0 unspecified atom stereocenters. The molecule has 0 atom stereocenters. The van der Waals surface area contributed by atoms with Crippen molar-refractivity contribution in [3.05, 3.63) is 96.1 Å². The topological polar surface area (TPSA) is 99.3 Å². The van der Waals surface area contributed by atoms with Crippen LogP contribution in [0.2, 0.25) is 0 Å². The van der Waals surface area contributed by atoms with Crippen molar-refractivity contribution in [2.24, 2.45) is 0 Å². The minimum Gasteiger partial charge on any atom is -0.497 e. The highest BCUT2D eigenvalue weighted by Crippen LogP contribution is 2.35. The predicted octanol–water partition coefficient (Wildman–Crippen LogP) is 5.52. The van der Waals surface area contributed by atoms with Gasteiger partial charge in [-0.15, -0.1) is 0 Å². The molecule has 3 aromatic carbocycles. The largest absolute Gasteiger partial charge is 0.497 e. The molecule has 0 aliphatic carbocycles. The molecule has 5 aromatic rings. The number of carbonyl (C=O) groups is 1. The molecule has 1 amide bonds. The fourth-order valence-corrected chi connectivity index (χ4v) is 4.12. The first-order valence-corrected chi connectivity index (χ1v) is 11.2. The summed E-state index contributed by atoms with van der Waals surface area (Å²) < 4.78 is 5.44. The lowest BCUT2D eigenvalue weighted by Crippen LogP contribution is -2.14. The van der Waals surface area contributed by atoms with Crippen molar-refractivity contribution in [3.63, 3.8) is 0 Å². The van der Waals surface area contributed by atoms with E-state index in [4.69, 9.17) is 14.9 Å². The van der Waals surface area contributed by atoms with Crippen LogP contribution >= 0.6 is 0 Å². The number of H-pyrrole nitrogens is 1. The molecule has 0 spiro atoms. The van der Waals surface area contributed by atoms with Gasteiger partial charge in [-0.2, -0.15) is 0 Å². The molecule has 174 valence electrons. The second kappa shape index (κ2) is 9.70. The van der Waals surface area contributed by atoms with Gasteiger partial charge >= 0.3 is 0 Å². The van der Waals surface area contributed by atoms with Gasteiger partial charge in [-0.1, -0.05) is 48.5 Å². The molecular formula is C28H24N4O3. The number of carbonyl (C=O) groups excluding carboxylic acids is 1. The summed E-state index contributed by atoms with van der Waals surface area (Å²) in [5.74, 6) is 0.946. The van der Waals surface area contributed by atoms with Crippen molar-refractivity contribution in [1.82, 2.24) is 15.4 Å². The van der Waals surface area contributed by atoms with E-state index in [2.05, 4.69) is 28.5 Å². The molecule has 0 radical (unpaired) electrons. The van der Waals surface area contributed by atoms with Crippen molar-refractivity contribution < 1.29 is 14.7 Å². The zero-order valence-electron chi connectivity index (χ0n) is 19.1. The zero-order chi connectivity index (χ0) is 24.2. The van der Waals surface area contributed by atoms with Crippen molar-refractivity contribution >= 4 is 39.6 Å². The monoisotopic (exact) mass is 464 g/mol. The highest BCUT2D eigenvalue weighted by atomic mass is 16.5. The number of hydrogen-bond donors (Lipinski definition) is 4. The summed E-state index contributed by atoms with van der Waals surface area (Å²) in [7, 11) is 1.66. The van der Waals surface area contributed by atoms with Crippen LogP contribution in [0.4, 0.5) is 5.82 Å². The molecule has 0 fully saturated rings. The number of anilines is 1. The lowest BCUT2D eigenvalue weighted by molar-refractivity contribution is -0.124. The van der Waals surface area contributed by atoms with Gasteiger partial charge in [-0.05, 0) is 47.5 Å². The third kappa shape index (κ3) is 4.71. The quantitative estimate of drug-likeness (QED) is 0.144. The van der Waals surface area contributed by atoms with E-state index >= 15 is 0 Å². The SMILES string of the molecule is COc1cccc(-c2nc(NCc3cccc(/C=C/C(=O)NO)c3)cc3c2[nH]c2ccccc23)c1. The van der Waals surface area contributed by atoms with Crippen LogP contribution in [0.5, 0.6) is 5.75 Å². The van der Waals surface area contributed by atoms with Gasteiger partial charge in [0.05, 0.1) is 18.3 Å². The molecule has 35 heavy (non-hydrogen) atoms. The Morgan fingerprint density at radius 2 is 1.89 bits per heavy atom. The third-order valence-corrected chi connectivity index (χ3v) is 5.80. The lowest BCUT2D eigenvalue weighted by atomic mass is 10.1. The number of ether oxygens (including phenoxy) is 1. The van der Waals surface area contributed by atoms with Crippen LogP contribution in [0.15, 0.2) is 84.9 Å². The van der Waals surface area contributed by atoms with Gasteiger partial charge in [0.25, 0.3) is 5.91 Å². The number of pyridine rings is 1. The van der Waals surface area contributed by atoms with Crippen molar-refractivity contribution in [2.45, 2.75) is 6.54 Å². The number of methoxy groups -OCH3 is 1. The Morgan fingerprint density at radius 3 is 2.74 bits per heavy atom. The second-order valence-corrected chi connectivity index (χ2v) is 8.09. The zero-order valence-corrected chi connectivity index (χ0v) is 19.1. The highest BCUT2D eigenvalue weighted by Gasteiger charge is 2.14. The van der Waals surface area contributed by atoms with Gasteiger partial charge in [0.2, 0.25) is 0 Å². The summed E-state index contributed by atoms with van der Waals surface area (Å²) in [4.78, 5) is 19.8. The van der Waals surface area contributed by atoms with E-state index < -0.39 is 5.91 Å². The molecule has 0 saturated carbocycles. The van der Waals surface area contributed by atoms with Crippen LogP contribution in [-0.2, 0) is 11.3 Å². The normalized spacial score (nSPS) is 11.3. The Labute approximate surface area is 202 Å². The van der Waals surface area contributed by atoms with Crippen LogP contribution in [-0.4, -0.2) is 28.2 Å². The van der Waals surface area contributed by atoms with Gasteiger partial charge in [-0.3, -0.25) is 10.0 Å². The van der Waals surface area contributed by atoms with Crippen LogP contribution in [0, 0.1) is 0 Å². The summed E-state index contributed by atoms with van der Waals surface area (Å²) in [6, 6.07) is 25.9. The predicted molar refractivity (Wildman–Crippen MR) is 138 cm³/mol. The Bertz CT molecular complexity index is 1550. The van der Waals surface area contributed by atoms with E-state index in [-0.39, 0.29) is 0 Å². The number of para-hydroxylation sites is 1. The number of nitrogens with zero attached hydrogens (tertiary/aromatic N) is 1. The maximum atomic E-state index is 11.3. The fourth-order valence-electron chi connectivity index (χ4n) is 4.12. The summed E-state index contributed by atoms with van der Waals surface area (Å²) in [5, 5.41) is 14.3. The number of benzene rings is 3. The number of hydrogen-bond acceptors (Lipinski definition) is 5. The molecule has 7 heteroatoms. The fraction of sp³-hybridized carbons (Fsp3) is 0.0714. The molecule has 0 aliphatic heterocycles. The lowest BCUT2D eigenvalue weighted by Gasteiger charge is -2.11. The average Bonchev–Trinajstić information content (AvgIpc) is 3.29. The average molecular weight is 465 g/mol. The molecule has 4 N–H and O–H groups in total. The molecule has 0 aliphatic rings. The first-order valence-electron chi connectivity index (χ1n) is 11.2. The number of nitrogens with one attached hydrogen (secondary N) is 3. The number of rotatable bonds is 7. The van der Waals surface area contributed by atoms with Crippen molar-refractivity contribution in [2.75, 3.05) is 12.4 Å². The molecule has 2 aromatic heterocycles. The Kier molecular flexibility index (Phi) is 6.15. The van der Waals surface area contributed by atoms with E-state index in [0.717, 1.165) is 55.8 Å². The van der Waals surface area contributed by atoms with Gasteiger partial charge in [0, 0.05) is 34.5 Å². The van der Waals surface area contributed by atoms with Gasteiger partial charge in [0.15, 0.2) is 0 Å². The molecular weight excluding hydrogens is 440 g/mol. The van der Waals surface area contributed by atoms with E-state index in [9.17, 15) is 4.79 Å². The van der Waals surface area contributed by atoms with E-state index in [0.29, 0.717) is 6.54 Å². The standard InChI is InChI=1S/C28H24N4O3/c1-35-21-9-5-8-20(15-21)27-28-23(22-10-2-3-11-24(22)30-28)16-25(31-27)29-17-19-7-4-6-18(14-19)12-13-26(33)32-34/h2-16,30,34H,17H2,1H3,(H,29,31)(H,32,33)/b13-12+. The van der Waals surface area contributed by atoms with Crippen LogP contribution in [0.1, 0.15) is 11.1 Å². The minimum absolute atomic E-state index is 0.548. The number of aromatic amines is 1. The summed E-state index contributed by atoms with van der Waals surface area (Å²) in [6.07, 6.45) is 2.92. The van der Waals surface area contributed by atoms with Crippen LogP contribution in [0.25, 0.3) is 39.1 Å². The summed E-state index contributed by atoms with van der Waals surface area (Å²) in [5.41, 5.74) is 7.29.